The Bertz CT molecular complexity index is 833. The molecule has 0 saturated carbocycles. The first-order valence-corrected chi connectivity index (χ1v) is 11.4. The Kier molecular flexibility index (Phi) is 11.5. The maximum absolute atomic E-state index is 13.1. The topological polar surface area (TPSA) is 152 Å². The van der Waals surface area contributed by atoms with Gasteiger partial charge in [0.05, 0.1) is 6.04 Å². The summed E-state index contributed by atoms with van der Waals surface area (Å²) in [4.78, 5) is 48.0. The van der Waals surface area contributed by atoms with Crippen molar-refractivity contribution in [1.82, 2.24) is 16.0 Å². The van der Waals surface area contributed by atoms with Crippen LogP contribution in [-0.2, 0) is 25.7 Å². The third-order valence-corrected chi connectivity index (χ3v) is 4.80. The second kappa shape index (κ2) is 13.5. The molecule has 0 fully saturated rings. The predicted octanol–water partition coefficient (Wildman–Crippen LogP) is 2.03. The van der Waals surface area contributed by atoms with E-state index in [9.17, 15) is 19.2 Å². The highest BCUT2D eigenvalue weighted by Crippen LogP contribution is 2.13. The van der Waals surface area contributed by atoms with Crippen molar-refractivity contribution in [3.8, 4) is 0 Å². The minimum Gasteiger partial charge on any atom is -0.461 e. The van der Waals surface area contributed by atoms with Crippen molar-refractivity contribution in [1.29, 1.82) is 0 Å². The minimum absolute atomic E-state index is 0.00392. The van der Waals surface area contributed by atoms with Gasteiger partial charge in [-0.05, 0) is 57.2 Å². The van der Waals surface area contributed by atoms with Crippen molar-refractivity contribution in [2.45, 2.75) is 78.6 Å². The molecular formula is C24H39N5O5. The smallest absolute Gasteiger partial charge is 0.312 e. The van der Waals surface area contributed by atoms with Gasteiger partial charge in [-0.3, -0.25) is 14.4 Å². The van der Waals surface area contributed by atoms with E-state index in [0.717, 1.165) is 5.56 Å². The summed E-state index contributed by atoms with van der Waals surface area (Å²) < 4.78 is 4.96. The van der Waals surface area contributed by atoms with E-state index in [0.29, 0.717) is 18.5 Å². The van der Waals surface area contributed by atoms with Gasteiger partial charge < -0.3 is 31.7 Å². The van der Waals surface area contributed by atoms with Crippen LogP contribution in [0.25, 0.3) is 0 Å². The number of carbonyl (C=O) groups excluding carboxylic acids is 4. The summed E-state index contributed by atoms with van der Waals surface area (Å²) in [6.45, 7) is 11.6. The van der Waals surface area contributed by atoms with Crippen molar-refractivity contribution >= 4 is 29.5 Å². The zero-order valence-electron chi connectivity index (χ0n) is 21.0. The molecule has 10 heteroatoms. The van der Waals surface area contributed by atoms with Gasteiger partial charge in [-0.25, -0.2) is 4.79 Å². The summed E-state index contributed by atoms with van der Waals surface area (Å²) in [6.07, 6.45) is 0.754. The van der Waals surface area contributed by atoms with Gasteiger partial charge in [0, 0.05) is 24.7 Å². The molecule has 1 rings (SSSR count). The van der Waals surface area contributed by atoms with E-state index in [1.165, 1.54) is 6.92 Å². The second-order valence-corrected chi connectivity index (χ2v) is 9.58. The molecule has 10 nitrogen and oxygen atoms in total. The van der Waals surface area contributed by atoms with Crippen LogP contribution in [0.3, 0.4) is 0 Å². The van der Waals surface area contributed by atoms with E-state index in [1.54, 1.807) is 24.3 Å². The molecule has 0 radical (unpaired) electrons. The number of ether oxygens (including phenoxy) is 1. The van der Waals surface area contributed by atoms with Crippen LogP contribution in [0.5, 0.6) is 0 Å². The van der Waals surface area contributed by atoms with Gasteiger partial charge in [0.25, 0.3) is 0 Å². The van der Waals surface area contributed by atoms with Crippen molar-refractivity contribution in [3.05, 3.63) is 29.8 Å². The number of nitrogens with two attached hydrogens (primary N) is 1. The average molecular weight is 478 g/mol. The summed E-state index contributed by atoms with van der Waals surface area (Å²) in [5, 5.41) is 11.5. The van der Waals surface area contributed by atoms with Crippen molar-refractivity contribution in [2.75, 3.05) is 11.9 Å². The lowest BCUT2D eigenvalue weighted by molar-refractivity contribution is -0.142. The molecule has 0 aliphatic heterocycles. The number of hydrogen-bond donors (Lipinski definition) is 5. The van der Waals surface area contributed by atoms with Crippen LogP contribution in [0, 0.1) is 5.92 Å². The minimum atomic E-state index is -0.814. The first kappa shape index (κ1) is 28.9. The highest BCUT2D eigenvalue weighted by Gasteiger charge is 2.30. The maximum Gasteiger partial charge on any atom is 0.312 e. The Morgan fingerprint density at radius 2 is 1.65 bits per heavy atom. The van der Waals surface area contributed by atoms with Crippen molar-refractivity contribution < 1.29 is 23.9 Å². The molecule has 0 aliphatic rings. The first-order chi connectivity index (χ1) is 15.8. The first-order valence-electron chi connectivity index (χ1n) is 11.4. The number of urea groups is 1. The molecule has 0 saturated heterocycles. The zero-order chi connectivity index (χ0) is 25.9. The standard InChI is InChI=1S/C24H39N5O5/c1-15(2)20(29-24(4,5)6)22(32)28-19(8-7-13-26-23(25)33)21(31)27-18-11-9-17(10-12-18)14-34-16(3)30/h9-12,15,19-20,29H,7-8,13-14H2,1-6H3,(H,27,31)(H,28,32)(H3,25,26,33)/t19-,20?/m0/s1. The maximum atomic E-state index is 13.1. The summed E-state index contributed by atoms with van der Waals surface area (Å²) in [5.41, 5.74) is 6.13. The average Bonchev–Trinajstić information content (AvgIpc) is 2.72. The Labute approximate surface area is 201 Å². The largest absolute Gasteiger partial charge is 0.461 e. The van der Waals surface area contributed by atoms with Crippen LogP contribution in [0.2, 0.25) is 0 Å². The van der Waals surface area contributed by atoms with Crippen LogP contribution < -0.4 is 27.0 Å². The highest BCUT2D eigenvalue weighted by atomic mass is 16.5. The Hall–Kier alpha value is -3.14. The number of primary amides is 1. The van der Waals surface area contributed by atoms with Gasteiger partial charge in [-0.1, -0.05) is 26.0 Å². The number of anilines is 1. The van der Waals surface area contributed by atoms with Gasteiger partial charge >= 0.3 is 12.0 Å². The van der Waals surface area contributed by atoms with Crippen LogP contribution in [0.1, 0.15) is 59.9 Å². The molecule has 0 aliphatic carbocycles. The predicted molar refractivity (Wildman–Crippen MR) is 131 cm³/mol. The van der Waals surface area contributed by atoms with Gasteiger partial charge in [0.15, 0.2) is 0 Å². The van der Waals surface area contributed by atoms with E-state index >= 15 is 0 Å². The number of amides is 4. The number of esters is 1. The number of benzene rings is 1. The highest BCUT2D eigenvalue weighted by molar-refractivity contribution is 5.97. The van der Waals surface area contributed by atoms with Crippen LogP contribution in [0.4, 0.5) is 10.5 Å². The lowest BCUT2D eigenvalue weighted by Gasteiger charge is -2.31. The molecule has 1 unspecified atom stereocenters. The molecule has 6 N–H and O–H groups in total. The molecule has 0 aromatic heterocycles. The lowest BCUT2D eigenvalue weighted by Crippen LogP contribution is -2.57. The van der Waals surface area contributed by atoms with Gasteiger partial charge in [0.1, 0.15) is 12.6 Å². The molecule has 34 heavy (non-hydrogen) atoms. The van der Waals surface area contributed by atoms with E-state index in [-0.39, 0.29) is 42.4 Å². The van der Waals surface area contributed by atoms with Crippen molar-refractivity contribution in [2.24, 2.45) is 11.7 Å². The summed E-state index contributed by atoms with van der Waals surface area (Å²) in [6, 6.07) is 4.93. The number of rotatable bonds is 12. The van der Waals surface area contributed by atoms with Gasteiger partial charge in [-0.2, -0.15) is 0 Å². The Morgan fingerprint density at radius 1 is 1.03 bits per heavy atom. The summed E-state index contributed by atoms with van der Waals surface area (Å²) in [7, 11) is 0. The van der Waals surface area contributed by atoms with Gasteiger partial charge in [0.2, 0.25) is 11.8 Å². The van der Waals surface area contributed by atoms with Crippen LogP contribution in [-0.4, -0.2) is 48.0 Å². The van der Waals surface area contributed by atoms with Crippen LogP contribution in [0.15, 0.2) is 24.3 Å². The molecule has 2 atom stereocenters. The molecule has 0 heterocycles. The van der Waals surface area contributed by atoms with Gasteiger partial charge in [-0.15, -0.1) is 0 Å². The van der Waals surface area contributed by atoms with Crippen molar-refractivity contribution in [3.63, 3.8) is 0 Å². The quantitative estimate of drug-likeness (QED) is 0.229. The fraction of sp³-hybridized carbons (Fsp3) is 0.583. The molecule has 1 aromatic carbocycles. The molecule has 1 aromatic rings. The Balaban J connectivity index is 2.90. The van der Waals surface area contributed by atoms with E-state index in [1.807, 2.05) is 34.6 Å². The second-order valence-electron chi connectivity index (χ2n) is 9.58. The number of nitrogens with one attached hydrogen (secondary N) is 4. The monoisotopic (exact) mass is 477 g/mol. The zero-order valence-corrected chi connectivity index (χ0v) is 21.0. The fourth-order valence-electron chi connectivity index (χ4n) is 3.15. The van der Waals surface area contributed by atoms with E-state index in [4.69, 9.17) is 10.5 Å². The third kappa shape index (κ3) is 11.6. The molecule has 0 spiro atoms. The Morgan fingerprint density at radius 3 is 2.15 bits per heavy atom. The summed E-state index contributed by atoms with van der Waals surface area (Å²) >= 11 is 0. The molecular weight excluding hydrogens is 438 g/mol. The fourth-order valence-corrected chi connectivity index (χ4v) is 3.15. The SMILES string of the molecule is CC(=O)OCc1ccc(NC(=O)[C@H](CCCNC(N)=O)NC(=O)C(NC(C)(C)C)C(C)C)cc1. The normalized spacial score (nSPS) is 13.0. The van der Waals surface area contributed by atoms with Crippen LogP contribution >= 0.6 is 0 Å². The number of carbonyl (C=O) groups is 4. The molecule has 190 valence electrons. The lowest BCUT2D eigenvalue weighted by atomic mass is 9.98. The molecule has 0 bridgehead atoms. The molecule has 4 amide bonds. The van der Waals surface area contributed by atoms with E-state index < -0.39 is 18.1 Å². The number of hydrogen-bond acceptors (Lipinski definition) is 6. The van der Waals surface area contributed by atoms with E-state index in [2.05, 4.69) is 21.3 Å². The summed E-state index contributed by atoms with van der Waals surface area (Å²) in [5.74, 6) is -1.02. The third-order valence-electron chi connectivity index (χ3n) is 4.80.